The molecule has 15 heavy (non-hydrogen) atoms. The van der Waals surface area contributed by atoms with E-state index in [1.165, 1.54) is 0 Å². The maximum Gasteiger partial charge on any atom is 0.127 e. The van der Waals surface area contributed by atoms with Crippen LogP contribution in [0.4, 0.5) is 4.39 Å². The molecule has 1 aliphatic heterocycles. The van der Waals surface area contributed by atoms with Crippen LogP contribution in [0.2, 0.25) is 0 Å². The molecular formula is C12H16FNO. The van der Waals surface area contributed by atoms with E-state index < -0.39 is 0 Å². The second-order valence-corrected chi connectivity index (χ2v) is 4.34. The number of likely N-dealkylation sites (tertiary alicyclic amines) is 1. The minimum Gasteiger partial charge on any atom is -0.396 e. The van der Waals surface area contributed by atoms with Gasteiger partial charge in [0.1, 0.15) is 5.82 Å². The average Bonchev–Trinajstić information content (AvgIpc) is 2.13. The zero-order valence-corrected chi connectivity index (χ0v) is 8.91. The Balaban J connectivity index is 1.94. The lowest BCUT2D eigenvalue weighted by Crippen LogP contribution is -2.47. The van der Waals surface area contributed by atoms with E-state index in [1.807, 2.05) is 19.1 Å². The number of hydrogen-bond acceptors (Lipinski definition) is 2. The first-order valence-electron chi connectivity index (χ1n) is 5.27. The van der Waals surface area contributed by atoms with Crippen LogP contribution in [-0.4, -0.2) is 29.7 Å². The third kappa shape index (κ3) is 2.36. The van der Waals surface area contributed by atoms with Crippen molar-refractivity contribution in [3.8, 4) is 0 Å². The maximum absolute atomic E-state index is 13.5. The highest BCUT2D eigenvalue weighted by atomic mass is 19.1. The minimum absolute atomic E-state index is 0.123. The molecule has 1 saturated heterocycles. The molecule has 2 rings (SSSR count). The Bertz CT molecular complexity index is 347. The van der Waals surface area contributed by atoms with E-state index in [0.29, 0.717) is 12.5 Å². The molecule has 0 aromatic heterocycles. The highest BCUT2D eigenvalue weighted by Gasteiger charge is 2.26. The van der Waals surface area contributed by atoms with Gasteiger partial charge in [-0.2, -0.15) is 0 Å². The van der Waals surface area contributed by atoms with E-state index in [2.05, 4.69) is 4.90 Å². The van der Waals surface area contributed by atoms with Crippen molar-refractivity contribution in [3.63, 3.8) is 0 Å². The lowest BCUT2D eigenvalue weighted by atomic mass is 10.00. The van der Waals surface area contributed by atoms with Crippen molar-refractivity contribution in [2.75, 3.05) is 19.7 Å². The fourth-order valence-electron chi connectivity index (χ4n) is 1.94. The topological polar surface area (TPSA) is 23.5 Å². The number of aliphatic hydroxyl groups excluding tert-OH is 1. The van der Waals surface area contributed by atoms with E-state index in [1.54, 1.807) is 6.07 Å². The van der Waals surface area contributed by atoms with Crippen molar-refractivity contribution in [1.29, 1.82) is 0 Å². The van der Waals surface area contributed by atoms with Gasteiger partial charge in [0.25, 0.3) is 0 Å². The van der Waals surface area contributed by atoms with Crippen LogP contribution < -0.4 is 0 Å². The average molecular weight is 209 g/mol. The Morgan fingerprint density at radius 2 is 2.20 bits per heavy atom. The Morgan fingerprint density at radius 1 is 1.47 bits per heavy atom. The van der Waals surface area contributed by atoms with Crippen LogP contribution in [0.5, 0.6) is 0 Å². The molecule has 1 aromatic rings. The molecule has 0 amide bonds. The van der Waals surface area contributed by atoms with E-state index in [9.17, 15) is 4.39 Å². The summed E-state index contributed by atoms with van der Waals surface area (Å²) in [4.78, 5) is 2.15. The summed E-state index contributed by atoms with van der Waals surface area (Å²) >= 11 is 0. The molecule has 1 aliphatic rings. The number of aliphatic hydroxyl groups is 1. The summed E-state index contributed by atoms with van der Waals surface area (Å²) in [6.45, 7) is 4.54. The molecule has 0 spiro atoms. The number of rotatable bonds is 3. The molecule has 0 bridgehead atoms. The van der Waals surface area contributed by atoms with Crippen LogP contribution in [0.3, 0.4) is 0 Å². The van der Waals surface area contributed by atoms with Crippen LogP contribution in [0.15, 0.2) is 18.2 Å². The van der Waals surface area contributed by atoms with Gasteiger partial charge in [0.2, 0.25) is 0 Å². The minimum atomic E-state index is -0.123. The van der Waals surface area contributed by atoms with Crippen molar-refractivity contribution >= 4 is 0 Å². The monoisotopic (exact) mass is 209 g/mol. The molecule has 0 aliphatic carbocycles. The van der Waals surface area contributed by atoms with Crippen LogP contribution in [0.1, 0.15) is 11.1 Å². The van der Waals surface area contributed by atoms with Gasteiger partial charge in [-0.25, -0.2) is 4.39 Å². The lowest BCUT2D eigenvalue weighted by Gasteiger charge is -2.38. The first-order chi connectivity index (χ1) is 7.19. The summed E-state index contributed by atoms with van der Waals surface area (Å²) < 4.78 is 13.5. The fraction of sp³-hybridized carbons (Fsp3) is 0.500. The Hall–Kier alpha value is -0.930. The summed E-state index contributed by atoms with van der Waals surface area (Å²) in [7, 11) is 0. The Labute approximate surface area is 89.3 Å². The lowest BCUT2D eigenvalue weighted by molar-refractivity contribution is 0.0471. The molecule has 0 atom stereocenters. The van der Waals surface area contributed by atoms with E-state index in [4.69, 9.17) is 5.11 Å². The molecule has 3 heteroatoms. The number of aryl methyl sites for hydroxylation is 1. The molecular weight excluding hydrogens is 193 g/mol. The van der Waals surface area contributed by atoms with E-state index >= 15 is 0 Å². The molecule has 2 nitrogen and oxygen atoms in total. The molecule has 82 valence electrons. The van der Waals surface area contributed by atoms with Crippen molar-refractivity contribution in [3.05, 3.63) is 35.1 Å². The van der Waals surface area contributed by atoms with Gasteiger partial charge >= 0.3 is 0 Å². The van der Waals surface area contributed by atoms with E-state index in [-0.39, 0.29) is 12.4 Å². The third-order valence-corrected chi connectivity index (χ3v) is 2.89. The zero-order valence-electron chi connectivity index (χ0n) is 8.91. The SMILES string of the molecule is Cc1ccc(CN2CC(CO)C2)c(F)c1. The normalized spacial score (nSPS) is 17.8. The van der Waals surface area contributed by atoms with Crippen LogP contribution in [0.25, 0.3) is 0 Å². The molecule has 0 saturated carbocycles. The number of halogens is 1. The summed E-state index contributed by atoms with van der Waals surface area (Å²) in [5.74, 6) is 0.265. The van der Waals surface area contributed by atoms with Gasteiger partial charge in [-0.1, -0.05) is 12.1 Å². The second-order valence-electron chi connectivity index (χ2n) is 4.34. The zero-order chi connectivity index (χ0) is 10.8. The highest BCUT2D eigenvalue weighted by molar-refractivity contribution is 5.23. The molecule has 1 heterocycles. The number of nitrogens with zero attached hydrogens (tertiary/aromatic N) is 1. The van der Waals surface area contributed by atoms with Gasteiger partial charge in [-0.3, -0.25) is 4.90 Å². The van der Waals surface area contributed by atoms with Gasteiger partial charge in [-0.05, 0) is 18.6 Å². The summed E-state index contributed by atoms with van der Waals surface area (Å²) in [5.41, 5.74) is 1.70. The highest BCUT2D eigenvalue weighted by Crippen LogP contribution is 2.19. The van der Waals surface area contributed by atoms with Crippen LogP contribution in [0, 0.1) is 18.7 Å². The first-order valence-corrected chi connectivity index (χ1v) is 5.27. The maximum atomic E-state index is 13.5. The van der Waals surface area contributed by atoms with Crippen molar-refractivity contribution in [1.82, 2.24) is 4.90 Å². The predicted octanol–water partition coefficient (Wildman–Crippen LogP) is 1.56. The second kappa shape index (κ2) is 4.29. The third-order valence-electron chi connectivity index (χ3n) is 2.89. The van der Waals surface area contributed by atoms with E-state index in [0.717, 1.165) is 24.2 Å². The van der Waals surface area contributed by atoms with Gasteiger partial charge in [-0.15, -0.1) is 0 Å². The standard InChI is InChI=1S/C12H16FNO/c1-9-2-3-11(12(13)4-9)7-14-5-10(6-14)8-15/h2-4,10,15H,5-8H2,1H3. The Kier molecular flexibility index (Phi) is 3.03. The summed E-state index contributed by atoms with van der Waals surface area (Å²) in [6.07, 6.45) is 0. The van der Waals surface area contributed by atoms with Crippen molar-refractivity contribution in [2.45, 2.75) is 13.5 Å². The first kappa shape index (κ1) is 10.6. The quantitative estimate of drug-likeness (QED) is 0.816. The molecule has 1 aromatic carbocycles. The number of hydrogen-bond donors (Lipinski definition) is 1. The van der Waals surface area contributed by atoms with Gasteiger partial charge < -0.3 is 5.11 Å². The molecule has 0 radical (unpaired) electrons. The van der Waals surface area contributed by atoms with Gasteiger partial charge in [0, 0.05) is 37.7 Å². The van der Waals surface area contributed by atoms with Crippen molar-refractivity contribution in [2.24, 2.45) is 5.92 Å². The summed E-state index contributed by atoms with van der Waals surface area (Å²) in [5, 5.41) is 8.86. The van der Waals surface area contributed by atoms with Crippen molar-refractivity contribution < 1.29 is 9.50 Å². The smallest absolute Gasteiger partial charge is 0.127 e. The van der Waals surface area contributed by atoms with Gasteiger partial charge in [0.15, 0.2) is 0 Å². The number of benzene rings is 1. The summed E-state index contributed by atoms with van der Waals surface area (Å²) in [6, 6.07) is 5.34. The Morgan fingerprint density at radius 3 is 2.80 bits per heavy atom. The fourth-order valence-corrected chi connectivity index (χ4v) is 1.94. The molecule has 1 N–H and O–H groups in total. The van der Waals surface area contributed by atoms with Crippen LogP contribution >= 0.6 is 0 Å². The largest absolute Gasteiger partial charge is 0.396 e. The van der Waals surface area contributed by atoms with Crippen LogP contribution in [-0.2, 0) is 6.54 Å². The molecule has 0 unspecified atom stereocenters. The molecule has 1 fully saturated rings. The van der Waals surface area contributed by atoms with Gasteiger partial charge in [0.05, 0.1) is 0 Å². The predicted molar refractivity (Wildman–Crippen MR) is 57.0 cm³/mol.